The predicted octanol–water partition coefficient (Wildman–Crippen LogP) is 3.14. The Morgan fingerprint density at radius 2 is 2.11 bits per heavy atom. The molecule has 1 aliphatic heterocycles. The third kappa shape index (κ3) is 3.70. The average molecular weight is 247 g/mol. The highest BCUT2D eigenvalue weighted by atomic mass is 15.1. The van der Waals surface area contributed by atoms with Crippen LogP contribution in [0.4, 0.5) is 5.82 Å². The van der Waals surface area contributed by atoms with E-state index in [2.05, 4.69) is 41.2 Å². The summed E-state index contributed by atoms with van der Waals surface area (Å²) in [6.07, 6.45) is 3.94. The molecular formula is C15H25N3. The normalized spacial score (nSPS) is 20.4. The lowest BCUT2D eigenvalue weighted by atomic mass is 9.85. The van der Waals surface area contributed by atoms with Crippen LogP contribution in [0.25, 0.3) is 0 Å². The molecule has 3 heteroatoms. The summed E-state index contributed by atoms with van der Waals surface area (Å²) in [6, 6.07) is 6.21. The van der Waals surface area contributed by atoms with Crippen LogP contribution in [0.5, 0.6) is 0 Å². The van der Waals surface area contributed by atoms with Crippen LogP contribution in [-0.4, -0.2) is 30.0 Å². The molecule has 1 aliphatic rings. The van der Waals surface area contributed by atoms with Gasteiger partial charge in [0.15, 0.2) is 0 Å². The molecule has 0 spiro atoms. The van der Waals surface area contributed by atoms with E-state index in [1.807, 2.05) is 13.1 Å². The van der Waals surface area contributed by atoms with Crippen molar-refractivity contribution >= 4 is 5.82 Å². The number of anilines is 1. The first-order chi connectivity index (χ1) is 8.59. The molecule has 100 valence electrons. The molecule has 0 radical (unpaired) electrons. The molecule has 0 aliphatic carbocycles. The van der Waals surface area contributed by atoms with E-state index < -0.39 is 0 Å². The summed E-state index contributed by atoms with van der Waals surface area (Å²) in [6.45, 7) is 8.14. The number of aromatic nitrogens is 1. The highest BCUT2D eigenvalue weighted by Gasteiger charge is 2.23. The molecule has 0 bridgehead atoms. The molecule has 2 heterocycles. The van der Waals surface area contributed by atoms with Crippen LogP contribution in [0.15, 0.2) is 18.2 Å². The smallest absolute Gasteiger partial charge is 0.126 e. The first-order valence-electron chi connectivity index (χ1n) is 6.95. The number of rotatable bonds is 3. The van der Waals surface area contributed by atoms with Crippen molar-refractivity contribution < 1.29 is 0 Å². The zero-order chi connectivity index (χ0) is 13.0. The van der Waals surface area contributed by atoms with E-state index in [0.717, 1.165) is 12.4 Å². The topological polar surface area (TPSA) is 28.2 Å². The number of nitrogens with zero attached hydrogens (tertiary/aromatic N) is 2. The van der Waals surface area contributed by atoms with Crippen LogP contribution in [0.2, 0.25) is 0 Å². The van der Waals surface area contributed by atoms with Gasteiger partial charge in [-0.25, -0.2) is 4.98 Å². The van der Waals surface area contributed by atoms with Gasteiger partial charge in [0.1, 0.15) is 5.82 Å². The monoisotopic (exact) mass is 247 g/mol. The summed E-state index contributed by atoms with van der Waals surface area (Å²) >= 11 is 0. The van der Waals surface area contributed by atoms with Crippen LogP contribution in [0.3, 0.4) is 0 Å². The minimum Gasteiger partial charge on any atom is -0.373 e. The molecule has 1 saturated heterocycles. The molecule has 0 saturated carbocycles. The third-order valence-electron chi connectivity index (χ3n) is 3.88. The van der Waals surface area contributed by atoms with Gasteiger partial charge in [-0.2, -0.15) is 0 Å². The van der Waals surface area contributed by atoms with Gasteiger partial charge < -0.3 is 5.32 Å². The predicted molar refractivity (Wildman–Crippen MR) is 76.7 cm³/mol. The van der Waals surface area contributed by atoms with Crippen molar-refractivity contribution in [2.24, 2.45) is 5.41 Å². The lowest BCUT2D eigenvalue weighted by Gasteiger charge is -2.23. The highest BCUT2D eigenvalue weighted by Crippen LogP contribution is 2.30. The average Bonchev–Trinajstić information content (AvgIpc) is 2.51. The molecule has 2 rings (SSSR count). The summed E-state index contributed by atoms with van der Waals surface area (Å²) in [5, 5.41) is 3.10. The van der Waals surface area contributed by atoms with Crippen molar-refractivity contribution in [2.45, 2.75) is 39.7 Å². The standard InChI is InChI=1S/C15H25N3/c1-15(2)8-5-10-18(11-9-15)12-13-6-4-7-14(16-3)17-13/h4,6-7H,5,8-12H2,1-3H3,(H,16,17). The number of pyridine rings is 1. The fraction of sp³-hybridized carbons (Fsp3) is 0.667. The van der Waals surface area contributed by atoms with Gasteiger partial charge in [-0.3, -0.25) is 4.90 Å². The molecule has 0 atom stereocenters. The van der Waals surface area contributed by atoms with Crippen LogP contribution in [0.1, 0.15) is 38.8 Å². The Morgan fingerprint density at radius 3 is 2.89 bits per heavy atom. The molecule has 1 N–H and O–H groups in total. The van der Waals surface area contributed by atoms with Gasteiger partial charge in [-0.15, -0.1) is 0 Å². The molecular weight excluding hydrogens is 222 g/mol. The molecule has 1 aromatic rings. The van der Waals surface area contributed by atoms with E-state index in [9.17, 15) is 0 Å². The summed E-state index contributed by atoms with van der Waals surface area (Å²) in [5.41, 5.74) is 1.68. The van der Waals surface area contributed by atoms with Gasteiger partial charge in [0, 0.05) is 13.6 Å². The fourth-order valence-corrected chi connectivity index (χ4v) is 2.57. The zero-order valence-corrected chi connectivity index (χ0v) is 11.9. The van der Waals surface area contributed by atoms with E-state index >= 15 is 0 Å². The second-order valence-corrected chi connectivity index (χ2v) is 6.06. The highest BCUT2D eigenvalue weighted by molar-refractivity contribution is 5.34. The van der Waals surface area contributed by atoms with Gasteiger partial charge in [0.25, 0.3) is 0 Å². The van der Waals surface area contributed by atoms with Crippen LogP contribution in [0, 0.1) is 5.41 Å². The van der Waals surface area contributed by atoms with E-state index in [1.54, 1.807) is 0 Å². The SMILES string of the molecule is CNc1cccc(CN2CCCC(C)(C)CC2)n1. The molecule has 1 fully saturated rings. The summed E-state index contributed by atoms with van der Waals surface area (Å²) in [5.74, 6) is 0.961. The summed E-state index contributed by atoms with van der Waals surface area (Å²) in [7, 11) is 1.92. The molecule has 0 unspecified atom stereocenters. The van der Waals surface area contributed by atoms with Gasteiger partial charge >= 0.3 is 0 Å². The minimum atomic E-state index is 0.509. The summed E-state index contributed by atoms with van der Waals surface area (Å²) in [4.78, 5) is 7.14. The van der Waals surface area contributed by atoms with Crippen molar-refractivity contribution in [1.82, 2.24) is 9.88 Å². The fourth-order valence-electron chi connectivity index (χ4n) is 2.57. The van der Waals surface area contributed by atoms with Crippen molar-refractivity contribution in [2.75, 3.05) is 25.5 Å². The third-order valence-corrected chi connectivity index (χ3v) is 3.88. The van der Waals surface area contributed by atoms with Gasteiger partial charge in [0.05, 0.1) is 5.69 Å². The maximum atomic E-state index is 4.60. The van der Waals surface area contributed by atoms with Crippen molar-refractivity contribution in [3.63, 3.8) is 0 Å². The first-order valence-corrected chi connectivity index (χ1v) is 6.95. The van der Waals surface area contributed by atoms with Crippen LogP contribution < -0.4 is 5.32 Å². The lowest BCUT2D eigenvalue weighted by molar-refractivity contribution is 0.253. The molecule has 1 aromatic heterocycles. The van der Waals surface area contributed by atoms with Crippen molar-refractivity contribution in [3.8, 4) is 0 Å². The number of likely N-dealkylation sites (tertiary alicyclic amines) is 1. The van der Waals surface area contributed by atoms with Crippen molar-refractivity contribution in [1.29, 1.82) is 0 Å². The van der Waals surface area contributed by atoms with Gasteiger partial charge in [0.2, 0.25) is 0 Å². The Balaban J connectivity index is 1.96. The largest absolute Gasteiger partial charge is 0.373 e. The lowest BCUT2D eigenvalue weighted by Crippen LogP contribution is -2.25. The Bertz CT molecular complexity index is 387. The van der Waals surface area contributed by atoms with Crippen molar-refractivity contribution in [3.05, 3.63) is 23.9 Å². The Hall–Kier alpha value is -1.09. The van der Waals surface area contributed by atoms with Gasteiger partial charge in [-0.1, -0.05) is 19.9 Å². The minimum absolute atomic E-state index is 0.509. The van der Waals surface area contributed by atoms with E-state index in [1.165, 1.54) is 38.0 Å². The van der Waals surface area contributed by atoms with E-state index in [-0.39, 0.29) is 0 Å². The zero-order valence-electron chi connectivity index (χ0n) is 11.9. The second-order valence-electron chi connectivity index (χ2n) is 6.06. The Kier molecular flexibility index (Phi) is 4.23. The van der Waals surface area contributed by atoms with E-state index in [4.69, 9.17) is 0 Å². The van der Waals surface area contributed by atoms with Gasteiger partial charge in [-0.05, 0) is 49.9 Å². The first kappa shape index (κ1) is 13.3. The molecule has 0 amide bonds. The van der Waals surface area contributed by atoms with Crippen LogP contribution >= 0.6 is 0 Å². The van der Waals surface area contributed by atoms with Crippen LogP contribution in [-0.2, 0) is 6.54 Å². The molecule has 18 heavy (non-hydrogen) atoms. The Morgan fingerprint density at radius 1 is 1.28 bits per heavy atom. The number of hydrogen-bond acceptors (Lipinski definition) is 3. The Labute approximate surface area is 111 Å². The molecule has 3 nitrogen and oxygen atoms in total. The maximum Gasteiger partial charge on any atom is 0.126 e. The maximum absolute atomic E-state index is 4.60. The quantitative estimate of drug-likeness (QED) is 0.889. The second kappa shape index (κ2) is 5.70. The summed E-state index contributed by atoms with van der Waals surface area (Å²) < 4.78 is 0. The number of hydrogen-bond donors (Lipinski definition) is 1. The molecule has 0 aromatic carbocycles. The van der Waals surface area contributed by atoms with E-state index in [0.29, 0.717) is 5.41 Å². The number of nitrogens with one attached hydrogen (secondary N) is 1.